The van der Waals surface area contributed by atoms with Crippen LogP contribution in [0.5, 0.6) is 0 Å². The Kier molecular flexibility index (Phi) is 5.79. The smallest absolute Gasteiger partial charge is 0.251 e. The Labute approximate surface area is 131 Å². The van der Waals surface area contributed by atoms with Crippen LogP contribution in [0.3, 0.4) is 0 Å². The molecule has 1 aromatic rings. The second kappa shape index (κ2) is 7.60. The molecule has 1 aliphatic rings. The van der Waals surface area contributed by atoms with Crippen molar-refractivity contribution >= 4 is 21.6 Å². The van der Waals surface area contributed by atoms with Crippen LogP contribution in [0, 0.1) is 0 Å². The van der Waals surface area contributed by atoms with Crippen LogP contribution < -0.4 is 15.4 Å². The molecule has 0 spiro atoms. The number of piperidine rings is 1. The summed E-state index contributed by atoms with van der Waals surface area (Å²) in [5, 5.41) is 6.26. The lowest BCUT2D eigenvalue weighted by molar-refractivity contribution is 0.0929. The van der Waals surface area contributed by atoms with E-state index in [0.717, 1.165) is 25.9 Å². The first-order valence-corrected chi connectivity index (χ1v) is 9.27. The number of rotatable bonds is 6. The molecule has 1 aliphatic heterocycles. The molecule has 0 radical (unpaired) electrons. The number of carbonyl (C=O) groups excluding carboxylic acids is 1. The Morgan fingerprint density at radius 3 is 2.45 bits per heavy atom. The van der Waals surface area contributed by atoms with Gasteiger partial charge in [-0.05, 0) is 56.6 Å². The molecule has 1 heterocycles. The summed E-state index contributed by atoms with van der Waals surface area (Å²) in [6.45, 7) is 3.65. The number of amides is 1. The van der Waals surface area contributed by atoms with E-state index in [2.05, 4.69) is 15.4 Å². The number of benzene rings is 1. The molecular formula is C15H23N3O3S. The third kappa shape index (κ3) is 4.99. The van der Waals surface area contributed by atoms with E-state index in [0.29, 0.717) is 17.7 Å². The molecule has 122 valence electrons. The Bertz CT molecular complexity index is 593. The summed E-state index contributed by atoms with van der Waals surface area (Å²) in [5.74, 6) is -0.0276. The standard InChI is InChI=1S/C15H23N3O3S/c1-2-11-22(20,21)18-14-5-3-12(4-6-14)15(19)17-13-7-9-16-10-8-13/h3-6,13,16,18H,2,7-11H2,1H3,(H,17,19). The molecule has 6 nitrogen and oxygen atoms in total. The third-order valence-corrected chi connectivity index (χ3v) is 5.06. The van der Waals surface area contributed by atoms with Crippen LogP contribution in [0.25, 0.3) is 0 Å². The highest BCUT2D eigenvalue weighted by Crippen LogP contribution is 2.13. The normalized spacial score (nSPS) is 16.2. The van der Waals surface area contributed by atoms with Gasteiger partial charge in [0.2, 0.25) is 10.0 Å². The predicted octanol–water partition coefficient (Wildman–Crippen LogP) is 1.32. The van der Waals surface area contributed by atoms with E-state index in [4.69, 9.17) is 0 Å². The van der Waals surface area contributed by atoms with Crippen LogP contribution >= 0.6 is 0 Å². The molecule has 0 aromatic heterocycles. The van der Waals surface area contributed by atoms with Gasteiger partial charge in [-0.1, -0.05) is 6.92 Å². The van der Waals surface area contributed by atoms with Gasteiger partial charge in [0.05, 0.1) is 5.75 Å². The van der Waals surface area contributed by atoms with Crippen molar-refractivity contribution in [2.75, 3.05) is 23.6 Å². The second-order valence-electron chi connectivity index (χ2n) is 5.50. The maximum Gasteiger partial charge on any atom is 0.251 e. The number of anilines is 1. The summed E-state index contributed by atoms with van der Waals surface area (Å²) in [5.41, 5.74) is 1.02. The van der Waals surface area contributed by atoms with E-state index in [1.165, 1.54) is 0 Å². The number of hydrogen-bond donors (Lipinski definition) is 3. The summed E-state index contributed by atoms with van der Waals surface area (Å²) in [7, 11) is -3.30. The van der Waals surface area contributed by atoms with Gasteiger partial charge in [-0.2, -0.15) is 0 Å². The Hall–Kier alpha value is -1.60. The highest BCUT2D eigenvalue weighted by Gasteiger charge is 2.16. The van der Waals surface area contributed by atoms with Gasteiger partial charge >= 0.3 is 0 Å². The van der Waals surface area contributed by atoms with Gasteiger partial charge in [0, 0.05) is 17.3 Å². The van der Waals surface area contributed by atoms with Gasteiger partial charge in [-0.15, -0.1) is 0 Å². The minimum absolute atomic E-state index is 0.0882. The molecule has 0 bridgehead atoms. The number of carbonyl (C=O) groups is 1. The average Bonchev–Trinajstić information content (AvgIpc) is 2.48. The van der Waals surface area contributed by atoms with Crippen molar-refractivity contribution in [2.24, 2.45) is 0 Å². The fourth-order valence-corrected chi connectivity index (χ4v) is 3.56. The number of hydrogen-bond acceptors (Lipinski definition) is 4. The maximum absolute atomic E-state index is 12.1. The van der Waals surface area contributed by atoms with E-state index < -0.39 is 10.0 Å². The van der Waals surface area contributed by atoms with Crippen LogP contribution in [0.1, 0.15) is 36.5 Å². The van der Waals surface area contributed by atoms with Crippen molar-refractivity contribution in [1.29, 1.82) is 0 Å². The molecule has 3 N–H and O–H groups in total. The van der Waals surface area contributed by atoms with Crippen LogP contribution in [-0.2, 0) is 10.0 Å². The minimum atomic E-state index is -3.30. The van der Waals surface area contributed by atoms with E-state index in [-0.39, 0.29) is 17.7 Å². The lowest BCUT2D eigenvalue weighted by Crippen LogP contribution is -2.42. The van der Waals surface area contributed by atoms with Gasteiger partial charge in [0.1, 0.15) is 0 Å². The Balaban J connectivity index is 1.94. The quantitative estimate of drug-likeness (QED) is 0.736. The largest absolute Gasteiger partial charge is 0.349 e. The SMILES string of the molecule is CCCS(=O)(=O)Nc1ccc(C(=O)NC2CCNCC2)cc1. The second-order valence-corrected chi connectivity index (χ2v) is 7.34. The van der Waals surface area contributed by atoms with E-state index in [9.17, 15) is 13.2 Å². The van der Waals surface area contributed by atoms with Gasteiger partial charge in [0.25, 0.3) is 5.91 Å². The van der Waals surface area contributed by atoms with Crippen molar-refractivity contribution in [3.8, 4) is 0 Å². The van der Waals surface area contributed by atoms with Crippen LogP contribution in [0.15, 0.2) is 24.3 Å². The van der Waals surface area contributed by atoms with E-state index in [1.807, 2.05) is 6.92 Å². The molecule has 0 atom stereocenters. The Morgan fingerprint density at radius 1 is 1.23 bits per heavy atom. The molecule has 1 fully saturated rings. The fraction of sp³-hybridized carbons (Fsp3) is 0.533. The number of nitrogens with one attached hydrogen (secondary N) is 3. The molecule has 1 amide bonds. The molecular weight excluding hydrogens is 302 g/mol. The monoisotopic (exact) mass is 325 g/mol. The first-order chi connectivity index (χ1) is 10.5. The van der Waals surface area contributed by atoms with E-state index in [1.54, 1.807) is 24.3 Å². The van der Waals surface area contributed by atoms with Crippen LogP contribution in [0.2, 0.25) is 0 Å². The highest BCUT2D eigenvalue weighted by atomic mass is 32.2. The molecule has 7 heteroatoms. The van der Waals surface area contributed by atoms with Gasteiger partial charge in [-0.3, -0.25) is 9.52 Å². The van der Waals surface area contributed by atoms with Crippen molar-refractivity contribution < 1.29 is 13.2 Å². The summed E-state index contributed by atoms with van der Waals surface area (Å²) >= 11 is 0. The zero-order valence-electron chi connectivity index (χ0n) is 12.8. The topological polar surface area (TPSA) is 87.3 Å². The lowest BCUT2D eigenvalue weighted by atomic mass is 10.1. The molecule has 0 aliphatic carbocycles. The zero-order chi connectivity index (χ0) is 16.0. The van der Waals surface area contributed by atoms with Crippen molar-refractivity contribution in [3.63, 3.8) is 0 Å². The van der Waals surface area contributed by atoms with Crippen LogP contribution in [0.4, 0.5) is 5.69 Å². The molecule has 0 saturated carbocycles. The fourth-order valence-electron chi connectivity index (χ4n) is 2.42. The Morgan fingerprint density at radius 2 is 1.86 bits per heavy atom. The van der Waals surface area contributed by atoms with Crippen LogP contribution in [-0.4, -0.2) is 39.2 Å². The molecule has 0 unspecified atom stereocenters. The summed E-state index contributed by atoms with van der Waals surface area (Å²) in [4.78, 5) is 12.1. The first kappa shape index (κ1) is 16.8. The summed E-state index contributed by atoms with van der Waals surface area (Å²) in [6.07, 6.45) is 2.42. The summed E-state index contributed by atoms with van der Waals surface area (Å²) < 4.78 is 25.9. The summed E-state index contributed by atoms with van der Waals surface area (Å²) in [6, 6.07) is 6.71. The van der Waals surface area contributed by atoms with Gasteiger partial charge < -0.3 is 10.6 Å². The lowest BCUT2D eigenvalue weighted by Gasteiger charge is -2.23. The number of sulfonamides is 1. The van der Waals surface area contributed by atoms with Gasteiger partial charge in [0.15, 0.2) is 0 Å². The molecule has 2 rings (SSSR count). The van der Waals surface area contributed by atoms with Crippen molar-refractivity contribution in [3.05, 3.63) is 29.8 Å². The molecule has 22 heavy (non-hydrogen) atoms. The minimum Gasteiger partial charge on any atom is -0.349 e. The maximum atomic E-state index is 12.1. The van der Waals surface area contributed by atoms with Crippen molar-refractivity contribution in [2.45, 2.75) is 32.2 Å². The first-order valence-electron chi connectivity index (χ1n) is 7.62. The molecule has 1 aromatic carbocycles. The zero-order valence-corrected chi connectivity index (χ0v) is 13.6. The molecule has 1 saturated heterocycles. The van der Waals surface area contributed by atoms with E-state index >= 15 is 0 Å². The third-order valence-electron chi connectivity index (χ3n) is 3.57. The predicted molar refractivity (Wildman–Crippen MR) is 87.5 cm³/mol. The average molecular weight is 325 g/mol. The highest BCUT2D eigenvalue weighted by molar-refractivity contribution is 7.92. The van der Waals surface area contributed by atoms with Crippen molar-refractivity contribution in [1.82, 2.24) is 10.6 Å². The van der Waals surface area contributed by atoms with Gasteiger partial charge in [-0.25, -0.2) is 8.42 Å².